The molecular formula is C14H30O2. The fourth-order valence-electron chi connectivity index (χ4n) is 1.58. The van der Waals surface area contributed by atoms with E-state index in [1.807, 2.05) is 0 Å². The summed E-state index contributed by atoms with van der Waals surface area (Å²) in [6, 6.07) is 0. The van der Waals surface area contributed by atoms with Gasteiger partial charge in [0, 0.05) is 6.42 Å². The van der Waals surface area contributed by atoms with Crippen LogP contribution >= 0.6 is 0 Å². The molecule has 0 radical (unpaired) electrons. The van der Waals surface area contributed by atoms with Crippen LogP contribution in [0.4, 0.5) is 0 Å². The summed E-state index contributed by atoms with van der Waals surface area (Å²) in [6.45, 7) is 14.6. The summed E-state index contributed by atoms with van der Waals surface area (Å²) >= 11 is 0. The second-order valence-corrected chi connectivity index (χ2v) is 5.42. The van der Waals surface area contributed by atoms with Gasteiger partial charge in [0.1, 0.15) is 0 Å². The number of ether oxygens (including phenoxy) is 2. The second kappa shape index (κ2) is 8.08. The van der Waals surface area contributed by atoms with Gasteiger partial charge in [0.25, 0.3) is 0 Å². The molecule has 0 atom stereocenters. The van der Waals surface area contributed by atoms with Crippen molar-refractivity contribution in [2.24, 2.45) is 11.8 Å². The van der Waals surface area contributed by atoms with E-state index in [1.165, 1.54) is 0 Å². The molecule has 0 aliphatic heterocycles. The summed E-state index contributed by atoms with van der Waals surface area (Å²) in [7, 11) is 0. The minimum atomic E-state index is -0.344. The predicted octanol–water partition coefficient (Wildman–Crippen LogP) is 4.24. The zero-order chi connectivity index (χ0) is 12.6. The summed E-state index contributed by atoms with van der Waals surface area (Å²) in [6.07, 6.45) is 3.02. The van der Waals surface area contributed by atoms with Crippen molar-refractivity contribution in [3.05, 3.63) is 0 Å². The van der Waals surface area contributed by atoms with E-state index in [0.717, 1.165) is 32.5 Å². The van der Waals surface area contributed by atoms with Crippen molar-refractivity contribution in [3.63, 3.8) is 0 Å². The zero-order valence-electron chi connectivity index (χ0n) is 12.0. The summed E-state index contributed by atoms with van der Waals surface area (Å²) < 4.78 is 12.0. The van der Waals surface area contributed by atoms with Gasteiger partial charge in [0.05, 0.1) is 13.2 Å². The summed E-state index contributed by atoms with van der Waals surface area (Å²) in [5.41, 5.74) is 0. The van der Waals surface area contributed by atoms with Gasteiger partial charge in [-0.05, 0) is 18.3 Å². The molecule has 0 unspecified atom stereocenters. The van der Waals surface area contributed by atoms with Gasteiger partial charge in [-0.3, -0.25) is 0 Å². The fourth-order valence-corrected chi connectivity index (χ4v) is 1.58. The molecule has 0 amide bonds. The van der Waals surface area contributed by atoms with Crippen molar-refractivity contribution in [2.45, 2.75) is 66.6 Å². The van der Waals surface area contributed by atoms with Crippen LogP contribution in [0.1, 0.15) is 60.8 Å². The Morgan fingerprint density at radius 1 is 0.875 bits per heavy atom. The molecule has 98 valence electrons. The molecule has 0 N–H and O–H groups in total. The highest BCUT2D eigenvalue weighted by molar-refractivity contribution is 4.68. The molecule has 0 aromatic rings. The Balaban J connectivity index is 4.31. The Labute approximate surface area is 102 Å². The summed E-state index contributed by atoms with van der Waals surface area (Å²) in [5.74, 6) is 0.777. The average molecular weight is 230 g/mol. The van der Waals surface area contributed by atoms with Gasteiger partial charge < -0.3 is 9.47 Å². The smallest absolute Gasteiger partial charge is 0.168 e. The van der Waals surface area contributed by atoms with Gasteiger partial charge in [-0.25, -0.2) is 0 Å². The van der Waals surface area contributed by atoms with Crippen LogP contribution in [0.2, 0.25) is 0 Å². The standard InChI is InChI=1S/C14H30O2/c1-7-9-14(8-2,15-10-12(3)4)16-11-13(5)6/h12-13H,7-11H2,1-6H3. The molecule has 0 bridgehead atoms. The third kappa shape index (κ3) is 6.49. The molecular weight excluding hydrogens is 200 g/mol. The Morgan fingerprint density at radius 3 is 1.56 bits per heavy atom. The van der Waals surface area contributed by atoms with Crippen molar-refractivity contribution in [3.8, 4) is 0 Å². The van der Waals surface area contributed by atoms with Crippen LogP contribution in [0.3, 0.4) is 0 Å². The van der Waals surface area contributed by atoms with Crippen LogP contribution in [-0.4, -0.2) is 19.0 Å². The van der Waals surface area contributed by atoms with E-state index < -0.39 is 0 Å². The van der Waals surface area contributed by atoms with Gasteiger partial charge in [0.2, 0.25) is 0 Å². The molecule has 0 aliphatic rings. The molecule has 0 heterocycles. The van der Waals surface area contributed by atoms with Crippen molar-refractivity contribution in [1.82, 2.24) is 0 Å². The van der Waals surface area contributed by atoms with Crippen molar-refractivity contribution in [1.29, 1.82) is 0 Å². The number of rotatable bonds is 9. The Morgan fingerprint density at radius 2 is 1.31 bits per heavy atom. The third-order valence-corrected chi connectivity index (χ3v) is 2.53. The molecule has 0 rings (SSSR count). The van der Waals surface area contributed by atoms with E-state index in [0.29, 0.717) is 11.8 Å². The average Bonchev–Trinajstić information content (AvgIpc) is 2.22. The normalized spacial score (nSPS) is 12.8. The maximum atomic E-state index is 6.01. The Kier molecular flexibility index (Phi) is 8.04. The van der Waals surface area contributed by atoms with E-state index in [4.69, 9.17) is 9.47 Å². The molecule has 0 saturated carbocycles. The molecule has 0 aromatic heterocycles. The maximum absolute atomic E-state index is 6.01. The van der Waals surface area contributed by atoms with E-state index in [2.05, 4.69) is 41.5 Å². The van der Waals surface area contributed by atoms with E-state index in [1.54, 1.807) is 0 Å². The molecule has 0 spiro atoms. The minimum Gasteiger partial charge on any atom is -0.350 e. The summed E-state index contributed by atoms with van der Waals surface area (Å²) in [5, 5.41) is 0. The molecule has 2 nitrogen and oxygen atoms in total. The third-order valence-electron chi connectivity index (χ3n) is 2.53. The van der Waals surface area contributed by atoms with Gasteiger partial charge in [-0.1, -0.05) is 48.0 Å². The molecule has 0 aromatic carbocycles. The van der Waals surface area contributed by atoms with Crippen LogP contribution in [-0.2, 0) is 9.47 Å². The van der Waals surface area contributed by atoms with Crippen molar-refractivity contribution in [2.75, 3.05) is 13.2 Å². The molecule has 2 heteroatoms. The highest BCUT2D eigenvalue weighted by Gasteiger charge is 2.29. The SMILES string of the molecule is CCCC(CC)(OCC(C)C)OCC(C)C. The second-order valence-electron chi connectivity index (χ2n) is 5.42. The quantitative estimate of drug-likeness (QED) is 0.552. The molecule has 16 heavy (non-hydrogen) atoms. The molecule has 0 fully saturated rings. The van der Waals surface area contributed by atoms with Crippen LogP contribution in [0, 0.1) is 11.8 Å². The first-order valence-corrected chi connectivity index (χ1v) is 6.73. The lowest BCUT2D eigenvalue weighted by molar-refractivity contribution is -0.251. The highest BCUT2D eigenvalue weighted by Crippen LogP contribution is 2.25. The number of hydrogen-bond acceptors (Lipinski definition) is 2. The summed E-state index contributed by atoms with van der Waals surface area (Å²) in [4.78, 5) is 0. The van der Waals surface area contributed by atoms with Crippen LogP contribution < -0.4 is 0 Å². The topological polar surface area (TPSA) is 18.5 Å². The van der Waals surface area contributed by atoms with E-state index in [9.17, 15) is 0 Å². The van der Waals surface area contributed by atoms with Gasteiger partial charge in [0.15, 0.2) is 5.79 Å². The van der Waals surface area contributed by atoms with Gasteiger partial charge in [-0.15, -0.1) is 0 Å². The van der Waals surface area contributed by atoms with E-state index >= 15 is 0 Å². The Bertz CT molecular complexity index is 152. The van der Waals surface area contributed by atoms with Crippen LogP contribution in [0.5, 0.6) is 0 Å². The largest absolute Gasteiger partial charge is 0.350 e. The first kappa shape index (κ1) is 15.9. The van der Waals surface area contributed by atoms with Crippen LogP contribution in [0.25, 0.3) is 0 Å². The monoisotopic (exact) mass is 230 g/mol. The van der Waals surface area contributed by atoms with E-state index in [-0.39, 0.29) is 5.79 Å². The molecule has 0 aliphatic carbocycles. The van der Waals surface area contributed by atoms with Crippen LogP contribution in [0.15, 0.2) is 0 Å². The first-order chi connectivity index (χ1) is 7.45. The van der Waals surface area contributed by atoms with Gasteiger partial charge >= 0.3 is 0 Å². The first-order valence-electron chi connectivity index (χ1n) is 6.73. The lowest BCUT2D eigenvalue weighted by Gasteiger charge is -2.34. The lowest BCUT2D eigenvalue weighted by Crippen LogP contribution is -2.37. The fraction of sp³-hybridized carbons (Fsp3) is 1.00. The lowest BCUT2D eigenvalue weighted by atomic mass is 10.1. The van der Waals surface area contributed by atoms with Gasteiger partial charge in [-0.2, -0.15) is 0 Å². The van der Waals surface area contributed by atoms with Crippen molar-refractivity contribution >= 4 is 0 Å². The predicted molar refractivity (Wildman–Crippen MR) is 69.5 cm³/mol. The molecule has 0 saturated heterocycles. The zero-order valence-corrected chi connectivity index (χ0v) is 12.0. The Hall–Kier alpha value is -0.0800. The van der Waals surface area contributed by atoms with Crippen molar-refractivity contribution < 1.29 is 9.47 Å². The minimum absolute atomic E-state index is 0.344. The number of hydrogen-bond donors (Lipinski definition) is 0. The highest BCUT2D eigenvalue weighted by atomic mass is 16.7. The maximum Gasteiger partial charge on any atom is 0.168 e.